The maximum atomic E-state index is 13.2. The van der Waals surface area contributed by atoms with E-state index in [9.17, 15) is 9.18 Å². The Balaban J connectivity index is 1.58. The second kappa shape index (κ2) is 6.02. The van der Waals surface area contributed by atoms with Gasteiger partial charge in [0.05, 0.1) is 0 Å². The minimum atomic E-state index is -0.190. The highest BCUT2D eigenvalue weighted by Gasteiger charge is 2.29. The highest BCUT2D eigenvalue weighted by Crippen LogP contribution is 2.39. The average Bonchev–Trinajstić information content (AvgIpc) is 2.97. The summed E-state index contributed by atoms with van der Waals surface area (Å²) in [6, 6.07) is 13.4. The van der Waals surface area contributed by atoms with Crippen LogP contribution in [-0.2, 0) is 6.54 Å². The van der Waals surface area contributed by atoms with Crippen molar-refractivity contribution in [2.24, 2.45) is 0 Å². The van der Waals surface area contributed by atoms with E-state index in [1.54, 1.807) is 12.1 Å². The van der Waals surface area contributed by atoms with Gasteiger partial charge in [-0.1, -0.05) is 24.3 Å². The molecule has 4 rings (SSSR count). The molecule has 0 saturated carbocycles. The SMILES string of the molecule is CN1CCC(c2ccc3c(c2)CNC3=O)CC1c1ccc(F)cc1. The van der Waals surface area contributed by atoms with Gasteiger partial charge in [0.1, 0.15) is 5.82 Å². The molecule has 2 atom stereocenters. The Hall–Kier alpha value is -2.20. The molecule has 2 heterocycles. The molecule has 0 radical (unpaired) electrons. The predicted molar refractivity (Wildman–Crippen MR) is 91.4 cm³/mol. The maximum absolute atomic E-state index is 13.2. The van der Waals surface area contributed by atoms with E-state index in [1.165, 1.54) is 11.1 Å². The Morgan fingerprint density at radius 1 is 1.12 bits per heavy atom. The molecule has 1 amide bonds. The molecular weight excluding hydrogens is 303 g/mol. The minimum Gasteiger partial charge on any atom is -0.348 e. The minimum absolute atomic E-state index is 0.0316. The quantitative estimate of drug-likeness (QED) is 0.915. The third kappa shape index (κ3) is 2.71. The smallest absolute Gasteiger partial charge is 0.251 e. The van der Waals surface area contributed by atoms with Crippen molar-refractivity contribution in [2.75, 3.05) is 13.6 Å². The summed E-state index contributed by atoms with van der Waals surface area (Å²) in [5.41, 5.74) is 4.39. The van der Waals surface area contributed by atoms with Crippen LogP contribution < -0.4 is 5.32 Å². The standard InChI is InChI=1S/C20H21FN2O/c1-23-9-8-15(11-19(23)13-2-5-17(21)6-3-13)14-4-7-18-16(10-14)12-22-20(18)24/h2-7,10,15,19H,8-9,11-12H2,1H3,(H,22,24). The molecule has 4 heteroatoms. The van der Waals surface area contributed by atoms with Gasteiger partial charge in [0.2, 0.25) is 0 Å². The topological polar surface area (TPSA) is 32.3 Å². The summed E-state index contributed by atoms with van der Waals surface area (Å²) in [7, 11) is 2.13. The third-order valence-corrected chi connectivity index (χ3v) is 5.41. The number of fused-ring (bicyclic) bond motifs is 1. The van der Waals surface area contributed by atoms with Gasteiger partial charge in [0.25, 0.3) is 5.91 Å². The summed E-state index contributed by atoms with van der Waals surface area (Å²) in [6.07, 6.45) is 2.12. The van der Waals surface area contributed by atoms with E-state index in [2.05, 4.69) is 29.4 Å². The number of likely N-dealkylation sites (tertiary alicyclic amines) is 1. The van der Waals surface area contributed by atoms with Crippen LogP contribution in [0.1, 0.15) is 51.8 Å². The van der Waals surface area contributed by atoms with Gasteiger partial charge in [-0.25, -0.2) is 4.39 Å². The first-order chi connectivity index (χ1) is 11.6. The molecule has 2 aliphatic rings. The Kier molecular flexibility index (Phi) is 3.85. The first-order valence-electron chi connectivity index (χ1n) is 8.48. The normalized spacial score (nSPS) is 23.8. The van der Waals surface area contributed by atoms with Crippen molar-refractivity contribution in [3.05, 3.63) is 70.5 Å². The van der Waals surface area contributed by atoms with Crippen molar-refractivity contribution >= 4 is 5.91 Å². The van der Waals surface area contributed by atoms with Gasteiger partial charge in [-0.3, -0.25) is 9.69 Å². The zero-order chi connectivity index (χ0) is 16.7. The van der Waals surface area contributed by atoms with Gasteiger partial charge in [0, 0.05) is 18.2 Å². The summed E-state index contributed by atoms with van der Waals surface area (Å²) >= 11 is 0. The van der Waals surface area contributed by atoms with Crippen LogP contribution in [0.25, 0.3) is 0 Å². The van der Waals surface area contributed by atoms with Crippen LogP contribution in [0, 0.1) is 5.82 Å². The third-order valence-electron chi connectivity index (χ3n) is 5.41. The number of halogens is 1. The molecular formula is C20H21FN2O. The molecule has 2 unspecified atom stereocenters. The van der Waals surface area contributed by atoms with Gasteiger partial charge in [-0.05, 0) is 67.2 Å². The number of nitrogens with zero attached hydrogens (tertiary/aromatic N) is 1. The predicted octanol–water partition coefficient (Wildman–Crippen LogP) is 3.62. The monoisotopic (exact) mass is 324 g/mol. The zero-order valence-electron chi connectivity index (χ0n) is 13.8. The van der Waals surface area contributed by atoms with Gasteiger partial charge < -0.3 is 5.32 Å². The lowest BCUT2D eigenvalue weighted by atomic mass is 9.82. The summed E-state index contributed by atoms with van der Waals surface area (Å²) in [5.74, 6) is 0.311. The van der Waals surface area contributed by atoms with Crippen molar-refractivity contribution in [3.63, 3.8) is 0 Å². The molecule has 2 aromatic carbocycles. The molecule has 0 aromatic heterocycles. The molecule has 2 aliphatic heterocycles. The zero-order valence-corrected chi connectivity index (χ0v) is 13.8. The molecule has 24 heavy (non-hydrogen) atoms. The number of hydrogen-bond donors (Lipinski definition) is 1. The van der Waals surface area contributed by atoms with Crippen LogP contribution in [-0.4, -0.2) is 24.4 Å². The average molecular weight is 324 g/mol. The first kappa shape index (κ1) is 15.3. The van der Waals surface area contributed by atoms with Crippen LogP contribution in [0.4, 0.5) is 4.39 Å². The number of hydrogen-bond acceptors (Lipinski definition) is 2. The second-order valence-electron chi connectivity index (χ2n) is 6.87. The molecule has 0 aliphatic carbocycles. The summed E-state index contributed by atoms with van der Waals surface area (Å²) in [5, 5.41) is 2.88. The van der Waals surface area contributed by atoms with E-state index in [0.717, 1.165) is 30.5 Å². The van der Waals surface area contributed by atoms with Crippen molar-refractivity contribution in [1.82, 2.24) is 10.2 Å². The second-order valence-corrected chi connectivity index (χ2v) is 6.87. The lowest BCUT2D eigenvalue weighted by molar-refractivity contribution is 0.0965. The van der Waals surface area contributed by atoms with Gasteiger partial charge in [-0.2, -0.15) is 0 Å². The van der Waals surface area contributed by atoms with Crippen molar-refractivity contribution < 1.29 is 9.18 Å². The van der Waals surface area contributed by atoms with Crippen molar-refractivity contribution in [2.45, 2.75) is 31.3 Å². The molecule has 124 valence electrons. The number of nitrogens with one attached hydrogen (secondary N) is 1. The molecule has 1 N–H and O–H groups in total. The largest absolute Gasteiger partial charge is 0.348 e. The molecule has 1 saturated heterocycles. The molecule has 3 nitrogen and oxygen atoms in total. The maximum Gasteiger partial charge on any atom is 0.251 e. The summed E-state index contributed by atoms with van der Waals surface area (Å²) < 4.78 is 13.2. The lowest BCUT2D eigenvalue weighted by Gasteiger charge is -2.37. The molecule has 0 bridgehead atoms. The van der Waals surface area contributed by atoms with E-state index < -0.39 is 0 Å². The van der Waals surface area contributed by atoms with Gasteiger partial charge in [-0.15, -0.1) is 0 Å². The van der Waals surface area contributed by atoms with E-state index >= 15 is 0 Å². The van der Waals surface area contributed by atoms with Gasteiger partial charge >= 0.3 is 0 Å². The number of benzene rings is 2. The first-order valence-corrected chi connectivity index (χ1v) is 8.48. The van der Waals surface area contributed by atoms with E-state index in [4.69, 9.17) is 0 Å². The lowest BCUT2D eigenvalue weighted by Crippen LogP contribution is -2.33. The van der Waals surface area contributed by atoms with E-state index in [-0.39, 0.29) is 11.7 Å². The number of carbonyl (C=O) groups is 1. The number of amides is 1. The van der Waals surface area contributed by atoms with Crippen molar-refractivity contribution in [3.8, 4) is 0 Å². The van der Waals surface area contributed by atoms with Crippen LogP contribution in [0.2, 0.25) is 0 Å². The van der Waals surface area contributed by atoms with Crippen LogP contribution in [0.15, 0.2) is 42.5 Å². The number of rotatable bonds is 2. The fraction of sp³-hybridized carbons (Fsp3) is 0.350. The van der Waals surface area contributed by atoms with Gasteiger partial charge in [0.15, 0.2) is 0 Å². The molecule has 1 fully saturated rings. The van der Waals surface area contributed by atoms with Crippen molar-refractivity contribution in [1.29, 1.82) is 0 Å². The summed E-state index contributed by atoms with van der Waals surface area (Å²) in [4.78, 5) is 14.1. The fourth-order valence-corrected chi connectivity index (χ4v) is 3.97. The Labute approximate surface area is 141 Å². The van der Waals surface area contributed by atoms with Crippen LogP contribution in [0.5, 0.6) is 0 Å². The number of carbonyl (C=O) groups excluding carboxylic acids is 1. The van der Waals surface area contributed by atoms with E-state index in [1.807, 2.05) is 18.2 Å². The van der Waals surface area contributed by atoms with E-state index in [0.29, 0.717) is 18.5 Å². The number of piperidine rings is 1. The summed E-state index contributed by atoms with van der Waals surface area (Å²) in [6.45, 7) is 1.65. The Morgan fingerprint density at radius 2 is 1.88 bits per heavy atom. The highest BCUT2D eigenvalue weighted by molar-refractivity contribution is 5.98. The van der Waals surface area contributed by atoms with Crippen LogP contribution >= 0.6 is 0 Å². The van der Waals surface area contributed by atoms with Crippen LogP contribution in [0.3, 0.4) is 0 Å². The Bertz CT molecular complexity index is 772. The highest BCUT2D eigenvalue weighted by atomic mass is 19.1. The Morgan fingerprint density at radius 3 is 2.67 bits per heavy atom. The molecule has 2 aromatic rings. The fourth-order valence-electron chi connectivity index (χ4n) is 3.97. The molecule has 0 spiro atoms.